The van der Waals surface area contributed by atoms with Crippen LogP contribution in [0.5, 0.6) is 0 Å². The molecule has 15 heavy (non-hydrogen) atoms. The van der Waals surface area contributed by atoms with Crippen LogP contribution in [-0.4, -0.2) is 24.4 Å². The van der Waals surface area contributed by atoms with Crippen LogP contribution < -0.4 is 5.73 Å². The third kappa shape index (κ3) is 5.96. The number of benzene rings is 1. The van der Waals surface area contributed by atoms with Gasteiger partial charge < -0.3 is 10.6 Å². The van der Waals surface area contributed by atoms with E-state index < -0.39 is 0 Å². The molecule has 1 amide bonds. The molecule has 4 heteroatoms. The van der Waals surface area contributed by atoms with Gasteiger partial charge in [0.25, 0.3) is 0 Å². The highest BCUT2D eigenvalue weighted by Gasteiger charge is 1.88. The lowest BCUT2D eigenvalue weighted by atomic mass is 10.3. The van der Waals surface area contributed by atoms with E-state index in [9.17, 15) is 4.79 Å². The molecule has 1 aromatic rings. The fourth-order valence-electron chi connectivity index (χ4n) is 0.848. The molecule has 1 aromatic carbocycles. The predicted octanol–water partition coefficient (Wildman–Crippen LogP) is 2.41. The molecule has 84 valence electrons. The lowest BCUT2D eigenvalue weighted by Crippen LogP contribution is -2.19. The van der Waals surface area contributed by atoms with Gasteiger partial charge in [-0.2, -0.15) is 0 Å². The summed E-state index contributed by atoms with van der Waals surface area (Å²) in [6.07, 6.45) is 0.861. The standard InChI is InChI=1S/C6H6ClN.C5H11NO/c7-5-3-1-2-4-6(5)8;1-3-6(4-2)5-7/h1-4H,8H2;5H,3-4H2,1-2H3. The molecule has 0 atom stereocenters. The molecular formula is C11H17ClN2O. The minimum Gasteiger partial charge on any atom is -0.398 e. The number of anilines is 1. The van der Waals surface area contributed by atoms with Gasteiger partial charge in [0.15, 0.2) is 0 Å². The number of carbonyl (C=O) groups is 1. The Hall–Kier alpha value is -1.22. The van der Waals surface area contributed by atoms with Gasteiger partial charge >= 0.3 is 0 Å². The Morgan fingerprint density at radius 3 is 2.07 bits per heavy atom. The molecule has 3 nitrogen and oxygen atoms in total. The highest BCUT2D eigenvalue weighted by molar-refractivity contribution is 6.33. The van der Waals surface area contributed by atoms with Crippen LogP contribution in [0.2, 0.25) is 5.02 Å². The summed E-state index contributed by atoms with van der Waals surface area (Å²) in [5.41, 5.74) is 6.02. The fraction of sp³-hybridized carbons (Fsp3) is 0.364. The molecule has 0 aliphatic rings. The van der Waals surface area contributed by atoms with Crippen LogP contribution in [0.25, 0.3) is 0 Å². The van der Waals surface area contributed by atoms with E-state index in [2.05, 4.69) is 0 Å². The molecule has 0 aliphatic carbocycles. The molecule has 0 spiro atoms. The number of halogens is 1. The first kappa shape index (κ1) is 13.8. The maximum absolute atomic E-state index is 9.89. The van der Waals surface area contributed by atoms with Crippen molar-refractivity contribution in [2.24, 2.45) is 0 Å². The zero-order valence-corrected chi connectivity index (χ0v) is 9.87. The molecular weight excluding hydrogens is 212 g/mol. The van der Waals surface area contributed by atoms with Crippen molar-refractivity contribution in [1.82, 2.24) is 4.90 Å². The topological polar surface area (TPSA) is 46.3 Å². The summed E-state index contributed by atoms with van der Waals surface area (Å²) in [7, 11) is 0. The van der Waals surface area contributed by atoms with E-state index in [0.29, 0.717) is 10.7 Å². The molecule has 0 heterocycles. The minimum absolute atomic E-state index is 0.618. The van der Waals surface area contributed by atoms with Crippen LogP contribution in [-0.2, 0) is 4.79 Å². The van der Waals surface area contributed by atoms with Gasteiger partial charge in [0, 0.05) is 13.1 Å². The van der Waals surface area contributed by atoms with Gasteiger partial charge in [0.2, 0.25) is 6.41 Å². The van der Waals surface area contributed by atoms with Crippen LogP contribution in [0.4, 0.5) is 5.69 Å². The smallest absolute Gasteiger partial charge is 0.209 e. The first-order valence-corrected chi connectivity index (χ1v) is 5.22. The van der Waals surface area contributed by atoms with Gasteiger partial charge in [-0.1, -0.05) is 23.7 Å². The maximum Gasteiger partial charge on any atom is 0.209 e. The highest BCUT2D eigenvalue weighted by Crippen LogP contribution is 2.15. The minimum atomic E-state index is 0.618. The van der Waals surface area contributed by atoms with Gasteiger partial charge in [0.05, 0.1) is 10.7 Å². The zero-order chi connectivity index (χ0) is 11.7. The number of para-hydroxylation sites is 1. The Morgan fingerprint density at radius 1 is 1.33 bits per heavy atom. The summed E-state index contributed by atoms with van der Waals surface area (Å²) >= 11 is 5.58. The van der Waals surface area contributed by atoms with Gasteiger partial charge in [0.1, 0.15) is 0 Å². The quantitative estimate of drug-likeness (QED) is 0.638. The number of amides is 1. The fourth-order valence-corrected chi connectivity index (χ4v) is 0.984. The molecule has 0 radical (unpaired) electrons. The van der Waals surface area contributed by atoms with Gasteiger partial charge in [-0.25, -0.2) is 0 Å². The van der Waals surface area contributed by atoms with E-state index in [1.54, 1.807) is 17.0 Å². The van der Waals surface area contributed by atoms with Gasteiger partial charge in [-0.05, 0) is 26.0 Å². The number of carbonyl (C=O) groups excluding carboxylic acids is 1. The Morgan fingerprint density at radius 2 is 1.87 bits per heavy atom. The van der Waals surface area contributed by atoms with Crippen LogP contribution in [0, 0.1) is 0 Å². The number of hydrogen-bond donors (Lipinski definition) is 1. The van der Waals surface area contributed by atoms with Crippen molar-refractivity contribution in [3.63, 3.8) is 0 Å². The molecule has 0 aliphatic heterocycles. The van der Waals surface area contributed by atoms with Crippen molar-refractivity contribution in [2.75, 3.05) is 18.8 Å². The van der Waals surface area contributed by atoms with E-state index in [0.717, 1.165) is 19.5 Å². The lowest BCUT2D eigenvalue weighted by molar-refractivity contribution is -0.117. The molecule has 0 saturated heterocycles. The second-order valence-electron chi connectivity index (χ2n) is 2.85. The zero-order valence-electron chi connectivity index (χ0n) is 9.11. The number of nitrogen functional groups attached to an aromatic ring is 1. The SMILES string of the molecule is CCN(C=O)CC.Nc1ccccc1Cl. The van der Waals surface area contributed by atoms with Crippen LogP contribution in [0.15, 0.2) is 24.3 Å². The molecule has 2 N–H and O–H groups in total. The van der Waals surface area contributed by atoms with E-state index in [4.69, 9.17) is 17.3 Å². The Balaban J connectivity index is 0.000000265. The van der Waals surface area contributed by atoms with E-state index in [1.165, 1.54) is 0 Å². The first-order chi connectivity index (χ1) is 7.15. The Labute approximate surface area is 95.8 Å². The first-order valence-electron chi connectivity index (χ1n) is 4.85. The second kappa shape index (κ2) is 8.12. The third-order valence-corrected chi connectivity index (χ3v) is 2.21. The molecule has 1 rings (SSSR count). The summed E-state index contributed by atoms with van der Waals surface area (Å²) in [4.78, 5) is 11.6. The molecule has 0 bridgehead atoms. The number of hydrogen-bond acceptors (Lipinski definition) is 2. The van der Waals surface area contributed by atoms with Crippen molar-refractivity contribution < 1.29 is 4.79 Å². The summed E-state index contributed by atoms with van der Waals surface area (Å²) in [5, 5.41) is 0.618. The summed E-state index contributed by atoms with van der Waals surface area (Å²) in [5.74, 6) is 0. The van der Waals surface area contributed by atoms with Crippen molar-refractivity contribution in [2.45, 2.75) is 13.8 Å². The molecule has 0 unspecified atom stereocenters. The number of nitrogens with zero attached hydrogens (tertiary/aromatic N) is 1. The average molecular weight is 229 g/mol. The van der Waals surface area contributed by atoms with Crippen LogP contribution >= 0.6 is 11.6 Å². The van der Waals surface area contributed by atoms with E-state index >= 15 is 0 Å². The normalized spacial score (nSPS) is 8.73. The largest absolute Gasteiger partial charge is 0.398 e. The summed E-state index contributed by atoms with van der Waals surface area (Å²) in [6, 6.07) is 7.22. The Bertz CT molecular complexity index is 267. The second-order valence-corrected chi connectivity index (χ2v) is 3.26. The maximum atomic E-state index is 9.89. The summed E-state index contributed by atoms with van der Waals surface area (Å²) < 4.78 is 0. The number of nitrogens with two attached hydrogens (primary N) is 1. The van der Waals surface area contributed by atoms with Gasteiger partial charge in [-0.3, -0.25) is 4.79 Å². The third-order valence-electron chi connectivity index (χ3n) is 1.87. The summed E-state index contributed by atoms with van der Waals surface area (Å²) in [6.45, 7) is 5.55. The van der Waals surface area contributed by atoms with E-state index in [1.807, 2.05) is 26.0 Å². The van der Waals surface area contributed by atoms with Crippen molar-refractivity contribution >= 4 is 23.7 Å². The Kier molecular flexibility index (Phi) is 7.46. The van der Waals surface area contributed by atoms with Gasteiger partial charge in [-0.15, -0.1) is 0 Å². The molecule has 0 aromatic heterocycles. The molecule has 0 saturated carbocycles. The predicted molar refractivity (Wildman–Crippen MR) is 64.8 cm³/mol. The van der Waals surface area contributed by atoms with Crippen molar-refractivity contribution in [3.05, 3.63) is 29.3 Å². The molecule has 0 fully saturated rings. The van der Waals surface area contributed by atoms with Crippen LogP contribution in [0.3, 0.4) is 0 Å². The lowest BCUT2D eigenvalue weighted by Gasteiger charge is -2.08. The average Bonchev–Trinajstić information content (AvgIpc) is 2.26. The van der Waals surface area contributed by atoms with E-state index in [-0.39, 0.29) is 0 Å². The number of rotatable bonds is 3. The van der Waals surface area contributed by atoms with Crippen molar-refractivity contribution in [1.29, 1.82) is 0 Å². The highest BCUT2D eigenvalue weighted by atomic mass is 35.5. The van der Waals surface area contributed by atoms with Crippen molar-refractivity contribution in [3.8, 4) is 0 Å². The van der Waals surface area contributed by atoms with Crippen LogP contribution in [0.1, 0.15) is 13.8 Å². The monoisotopic (exact) mass is 228 g/mol.